The van der Waals surface area contributed by atoms with Crippen LogP contribution in [-0.4, -0.2) is 23.3 Å². The molecule has 0 aliphatic rings. The van der Waals surface area contributed by atoms with Crippen molar-refractivity contribution in [3.05, 3.63) is 22.8 Å². The maximum atomic E-state index is 10.5. The van der Waals surface area contributed by atoms with Crippen LogP contribution < -0.4 is 4.74 Å². The SMILES string of the molecule is CC.COc1cc2onc(CCC(=O)O)c2cc1Cl. The van der Waals surface area contributed by atoms with Crippen LogP contribution in [-0.2, 0) is 11.2 Å². The molecule has 1 N–H and O–H groups in total. The first-order chi connectivity index (χ1) is 9.11. The van der Waals surface area contributed by atoms with E-state index in [1.54, 1.807) is 12.1 Å². The lowest BCUT2D eigenvalue weighted by molar-refractivity contribution is -0.136. The zero-order valence-corrected chi connectivity index (χ0v) is 11.8. The number of nitrogens with zero attached hydrogens (tertiary/aromatic N) is 1. The van der Waals surface area contributed by atoms with Gasteiger partial charge in [-0.25, -0.2) is 0 Å². The molecule has 0 unspecified atom stereocenters. The van der Waals surface area contributed by atoms with Gasteiger partial charge < -0.3 is 14.4 Å². The summed E-state index contributed by atoms with van der Waals surface area (Å²) in [4.78, 5) is 10.5. The van der Waals surface area contributed by atoms with Gasteiger partial charge >= 0.3 is 5.97 Å². The van der Waals surface area contributed by atoms with Gasteiger partial charge in [0.15, 0.2) is 5.58 Å². The second-order valence-electron chi connectivity index (χ2n) is 3.51. The number of benzene rings is 1. The maximum Gasteiger partial charge on any atom is 0.303 e. The Labute approximate surface area is 116 Å². The van der Waals surface area contributed by atoms with Crippen molar-refractivity contribution in [1.29, 1.82) is 0 Å². The number of halogens is 1. The molecule has 0 atom stereocenters. The van der Waals surface area contributed by atoms with Crippen molar-refractivity contribution in [3.63, 3.8) is 0 Å². The van der Waals surface area contributed by atoms with Crippen LogP contribution in [0.1, 0.15) is 26.0 Å². The smallest absolute Gasteiger partial charge is 0.303 e. The molecule has 5 nitrogen and oxygen atoms in total. The van der Waals surface area contributed by atoms with Crippen molar-refractivity contribution >= 4 is 28.5 Å². The minimum Gasteiger partial charge on any atom is -0.495 e. The van der Waals surface area contributed by atoms with Crippen molar-refractivity contribution in [1.82, 2.24) is 5.16 Å². The van der Waals surface area contributed by atoms with Gasteiger partial charge in [-0.3, -0.25) is 4.79 Å². The number of carboxylic acids is 1. The lowest BCUT2D eigenvalue weighted by atomic mass is 10.1. The molecule has 0 saturated heterocycles. The lowest BCUT2D eigenvalue weighted by Crippen LogP contribution is -1.97. The number of rotatable bonds is 4. The molecule has 0 saturated carbocycles. The van der Waals surface area contributed by atoms with Gasteiger partial charge in [0.05, 0.1) is 24.2 Å². The van der Waals surface area contributed by atoms with Gasteiger partial charge in [0.1, 0.15) is 5.75 Å². The molecule has 0 fully saturated rings. The first kappa shape index (κ1) is 15.3. The Morgan fingerprint density at radius 3 is 2.74 bits per heavy atom. The average Bonchev–Trinajstić information content (AvgIpc) is 2.79. The van der Waals surface area contributed by atoms with Crippen molar-refractivity contribution < 1.29 is 19.2 Å². The highest BCUT2D eigenvalue weighted by Crippen LogP contribution is 2.31. The zero-order chi connectivity index (χ0) is 14.4. The fourth-order valence-corrected chi connectivity index (χ4v) is 1.79. The summed E-state index contributed by atoms with van der Waals surface area (Å²) in [6, 6.07) is 3.30. The molecule has 0 aliphatic heterocycles. The Bertz CT molecular complexity index is 565. The van der Waals surface area contributed by atoms with E-state index in [0.717, 1.165) is 5.39 Å². The minimum absolute atomic E-state index is 0.00524. The number of aliphatic carboxylic acids is 1. The number of methoxy groups -OCH3 is 1. The van der Waals surface area contributed by atoms with Gasteiger partial charge in [-0.05, 0) is 6.07 Å². The summed E-state index contributed by atoms with van der Waals surface area (Å²) in [7, 11) is 1.51. The summed E-state index contributed by atoms with van der Waals surface area (Å²) >= 11 is 5.98. The molecular formula is C13H16ClNO4. The Hall–Kier alpha value is -1.75. The molecule has 2 rings (SSSR count). The molecule has 0 aliphatic carbocycles. The highest BCUT2D eigenvalue weighted by molar-refractivity contribution is 6.32. The van der Waals surface area contributed by atoms with Gasteiger partial charge in [0.25, 0.3) is 0 Å². The lowest BCUT2D eigenvalue weighted by Gasteiger charge is -2.01. The van der Waals surface area contributed by atoms with Crippen LogP contribution in [0, 0.1) is 0 Å². The first-order valence-corrected chi connectivity index (χ1v) is 6.33. The second-order valence-corrected chi connectivity index (χ2v) is 3.91. The molecule has 2 aromatic rings. The average molecular weight is 286 g/mol. The van der Waals surface area contributed by atoms with Gasteiger partial charge in [-0.1, -0.05) is 30.6 Å². The van der Waals surface area contributed by atoms with E-state index in [2.05, 4.69) is 5.16 Å². The van der Waals surface area contributed by atoms with E-state index in [-0.39, 0.29) is 6.42 Å². The summed E-state index contributed by atoms with van der Waals surface area (Å²) < 4.78 is 10.1. The first-order valence-electron chi connectivity index (χ1n) is 5.95. The van der Waals surface area contributed by atoms with Gasteiger partial charge in [-0.2, -0.15) is 0 Å². The van der Waals surface area contributed by atoms with Crippen LogP contribution in [0.3, 0.4) is 0 Å². The monoisotopic (exact) mass is 285 g/mol. The van der Waals surface area contributed by atoms with Crippen LogP contribution in [0.15, 0.2) is 16.7 Å². The Kier molecular flexibility index (Phi) is 5.63. The molecule has 19 heavy (non-hydrogen) atoms. The van der Waals surface area contributed by atoms with E-state index in [9.17, 15) is 4.79 Å². The van der Waals surface area contributed by atoms with Gasteiger partial charge in [-0.15, -0.1) is 0 Å². The van der Waals surface area contributed by atoms with Crippen LogP contribution in [0.5, 0.6) is 5.75 Å². The third-order valence-corrected chi connectivity index (χ3v) is 2.69. The third kappa shape index (κ3) is 3.61. The quantitative estimate of drug-likeness (QED) is 0.930. The predicted octanol–water partition coefficient (Wildman–Crippen LogP) is 3.53. The minimum atomic E-state index is -0.874. The van der Waals surface area contributed by atoms with E-state index >= 15 is 0 Å². The summed E-state index contributed by atoms with van der Waals surface area (Å²) in [5, 5.41) is 13.6. The number of fused-ring (bicyclic) bond motifs is 1. The van der Waals surface area contributed by atoms with Crippen LogP contribution in [0.4, 0.5) is 0 Å². The normalized spacial score (nSPS) is 9.89. The summed E-state index contributed by atoms with van der Waals surface area (Å²) in [5.74, 6) is -0.374. The van der Waals surface area contributed by atoms with E-state index in [0.29, 0.717) is 28.5 Å². The molecule has 0 amide bonds. The third-order valence-electron chi connectivity index (χ3n) is 2.39. The number of hydrogen-bond donors (Lipinski definition) is 1. The number of aryl methyl sites for hydroxylation is 1. The summed E-state index contributed by atoms with van der Waals surface area (Å²) in [5.41, 5.74) is 1.12. The van der Waals surface area contributed by atoms with Gasteiger partial charge in [0.2, 0.25) is 0 Å². The molecule has 0 bridgehead atoms. The number of hydrogen-bond acceptors (Lipinski definition) is 4. The van der Waals surface area contributed by atoms with Crippen molar-refractivity contribution in [3.8, 4) is 5.75 Å². The molecule has 1 aromatic heterocycles. The standard InChI is InChI=1S/C11H10ClNO4.C2H6/c1-16-10-5-9-6(4-7(10)12)8(13-17-9)2-3-11(14)15;1-2/h4-5H,2-3H2,1H3,(H,14,15);1-2H3. The summed E-state index contributed by atoms with van der Waals surface area (Å²) in [6.45, 7) is 4.00. The van der Waals surface area contributed by atoms with Gasteiger partial charge in [0, 0.05) is 17.9 Å². The van der Waals surface area contributed by atoms with E-state index in [4.69, 9.17) is 26.0 Å². The molecule has 0 spiro atoms. The van der Waals surface area contributed by atoms with Crippen LogP contribution in [0.2, 0.25) is 5.02 Å². The van der Waals surface area contributed by atoms with Crippen LogP contribution in [0.25, 0.3) is 11.0 Å². The number of carbonyl (C=O) groups is 1. The van der Waals surface area contributed by atoms with Crippen molar-refractivity contribution in [2.45, 2.75) is 26.7 Å². The van der Waals surface area contributed by atoms with Crippen molar-refractivity contribution in [2.24, 2.45) is 0 Å². The van der Waals surface area contributed by atoms with Crippen LogP contribution >= 0.6 is 11.6 Å². The second kappa shape index (κ2) is 6.99. The molecule has 1 aromatic carbocycles. The highest BCUT2D eigenvalue weighted by atomic mass is 35.5. The topological polar surface area (TPSA) is 72.6 Å². The summed E-state index contributed by atoms with van der Waals surface area (Å²) in [6.07, 6.45) is 0.316. The number of ether oxygens (including phenoxy) is 1. The Balaban J connectivity index is 0.000000861. The van der Waals surface area contributed by atoms with Crippen molar-refractivity contribution in [2.75, 3.05) is 7.11 Å². The molecular weight excluding hydrogens is 270 g/mol. The fourth-order valence-electron chi connectivity index (χ4n) is 1.55. The van der Waals surface area contributed by atoms with E-state index in [1.165, 1.54) is 7.11 Å². The largest absolute Gasteiger partial charge is 0.495 e. The molecule has 0 radical (unpaired) electrons. The number of aromatic nitrogens is 1. The number of carboxylic acid groups (broad SMARTS) is 1. The fraction of sp³-hybridized carbons (Fsp3) is 0.385. The Morgan fingerprint density at radius 1 is 1.47 bits per heavy atom. The molecule has 6 heteroatoms. The predicted molar refractivity (Wildman–Crippen MR) is 72.9 cm³/mol. The molecule has 104 valence electrons. The highest BCUT2D eigenvalue weighted by Gasteiger charge is 2.13. The zero-order valence-electron chi connectivity index (χ0n) is 11.1. The van der Waals surface area contributed by atoms with E-state index < -0.39 is 5.97 Å². The Morgan fingerprint density at radius 2 is 2.16 bits per heavy atom. The maximum absolute atomic E-state index is 10.5. The van der Waals surface area contributed by atoms with E-state index in [1.807, 2.05) is 13.8 Å². The molecule has 1 heterocycles.